The van der Waals surface area contributed by atoms with Gasteiger partial charge in [-0.25, -0.2) is 4.79 Å². The molecule has 0 radical (unpaired) electrons. The summed E-state index contributed by atoms with van der Waals surface area (Å²) in [6, 6.07) is 14.7. The number of rotatable bonds is 14. The van der Waals surface area contributed by atoms with Crippen molar-refractivity contribution in [3.05, 3.63) is 71.3 Å². The highest BCUT2D eigenvalue weighted by atomic mass is 79.9. The van der Waals surface area contributed by atoms with E-state index in [9.17, 15) is 19.5 Å². The van der Waals surface area contributed by atoms with E-state index in [4.69, 9.17) is 16.2 Å². The van der Waals surface area contributed by atoms with Crippen molar-refractivity contribution < 1.29 is 24.2 Å². The fourth-order valence-electron chi connectivity index (χ4n) is 5.21. The Hall–Kier alpha value is -2.27. The number of carbonyl (C=O) groups excluding carboxylic acids is 2. The predicted octanol–water partition coefficient (Wildman–Crippen LogP) is 3.86. The third-order valence-corrected chi connectivity index (χ3v) is 7.07. The molecular formula is C29H41Br2N3O5. The van der Waals surface area contributed by atoms with Crippen LogP contribution >= 0.6 is 34.0 Å². The summed E-state index contributed by atoms with van der Waals surface area (Å²) in [6.07, 6.45) is 3.50. The van der Waals surface area contributed by atoms with E-state index in [1.807, 2.05) is 54.6 Å². The summed E-state index contributed by atoms with van der Waals surface area (Å²) in [5, 5.41) is 10.5. The summed E-state index contributed by atoms with van der Waals surface area (Å²) in [4.78, 5) is 41.3. The average Bonchev–Trinajstić information content (AvgIpc) is 3.32. The minimum absolute atomic E-state index is 0. The number of carboxylic acid groups (broad SMARTS) is 1. The smallest absolute Gasteiger partial charge is 0.327 e. The SMILES string of the molecule is Br.Br.CCOC(=O)[C@@H](CCc1ccccc1)C(C(=O)O)N(C(=O)[C@@H](N)CCCCN)C1Cc2ccccc2C1. The fourth-order valence-corrected chi connectivity index (χ4v) is 5.21. The number of ether oxygens (including phenoxy) is 1. The number of carbonyl (C=O) groups is 3. The number of benzene rings is 2. The fraction of sp³-hybridized carbons (Fsp3) is 0.483. The molecular weight excluding hydrogens is 630 g/mol. The van der Waals surface area contributed by atoms with E-state index in [2.05, 4.69) is 0 Å². The summed E-state index contributed by atoms with van der Waals surface area (Å²) in [6.45, 7) is 2.30. The standard InChI is InChI=1S/C29H39N3O5.2BrH/c1-2-37-29(36)24(16-15-20-10-4-3-5-11-20)26(28(34)35)32(27(33)25(31)14-8-9-17-30)23-18-21-12-6-7-13-22(21)19-23;;/h3-7,10-13,23-26H,2,8-9,14-19,30-31H2,1H3,(H,34,35);2*1H/t24-,25-,26?;;/m0../s1. The monoisotopic (exact) mass is 669 g/mol. The van der Waals surface area contributed by atoms with E-state index in [-0.39, 0.29) is 47.0 Å². The Labute approximate surface area is 252 Å². The van der Waals surface area contributed by atoms with Gasteiger partial charge in [0, 0.05) is 6.04 Å². The van der Waals surface area contributed by atoms with Crippen molar-refractivity contribution in [3.63, 3.8) is 0 Å². The minimum atomic E-state index is -1.39. The van der Waals surface area contributed by atoms with Crippen molar-refractivity contribution in [2.75, 3.05) is 13.2 Å². The van der Waals surface area contributed by atoms with Gasteiger partial charge in [-0.1, -0.05) is 61.0 Å². The molecule has 1 amide bonds. The number of aryl methyl sites for hydroxylation is 1. The van der Waals surface area contributed by atoms with Gasteiger partial charge in [0.2, 0.25) is 5.91 Å². The number of carboxylic acids is 1. The van der Waals surface area contributed by atoms with Crippen LogP contribution in [0, 0.1) is 5.92 Å². The maximum Gasteiger partial charge on any atom is 0.327 e. The zero-order valence-corrected chi connectivity index (χ0v) is 25.8. The molecule has 0 spiro atoms. The maximum absolute atomic E-state index is 13.8. The molecule has 8 nitrogen and oxygen atoms in total. The number of hydrogen-bond acceptors (Lipinski definition) is 6. The number of unbranched alkanes of at least 4 members (excludes halogenated alkanes) is 1. The van der Waals surface area contributed by atoms with Crippen molar-refractivity contribution in [1.82, 2.24) is 4.90 Å². The average molecular weight is 671 g/mol. The number of hydrogen-bond donors (Lipinski definition) is 3. The lowest BCUT2D eigenvalue weighted by atomic mass is 9.89. The normalized spacial score (nSPS) is 14.6. The van der Waals surface area contributed by atoms with E-state index in [1.165, 1.54) is 4.90 Å². The lowest BCUT2D eigenvalue weighted by Gasteiger charge is -2.39. The highest BCUT2D eigenvalue weighted by molar-refractivity contribution is 8.93. The van der Waals surface area contributed by atoms with Crippen LogP contribution in [0.2, 0.25) is 0 Å². The van der Waals surface area contributed by atoms with E-state index in [1.54, 1.807) is 6.92 Å². The van der Waals surface area contributed by atoms with Gasteiger partial charge in [-0.3, -0.25) is 9.59 Å². The molecule has 1 unspecified atom stereocenters. The molecule has 2 aromatic rings. The molecule has 0 heterocycles. The Balaban J connectivity index is 0.00000380. The minimum Gasteiger partial charge on any atom is -0.480 e. The first-order valence-electron chi connectivity index (χ1n) is 13.1. The van der Waals surface area contributed by atoms with E-state index >= 15 is 0 Å². The molecule has 216 valence electrons. The Kier molecular flexibility index (Phi) is 15.5. The van der Waals surface area contributed by atoms with Crippen LogP contribution in [0.15, 0.2) is 54.6 Å². The molecule has 0 aliphatic heterocycles. The van der Waals surface area contributed by atoms with Gasteiger partial charge >= 0.3 is 11.9 Å². The van der Waals surface area contributed by atoms with Crippen molar-refractivity contribution >= 4 is 51.8 Å². The molecule has 0 aromatic heterocycles. The third kappa shape index (κ3) is 9.41. The van der Waals surface area contributed by atoms with Crippen LogP contribution in [0.5, 0.6) is 0 Å². The van der Waals surface area contributed by atoms with E-state index in [0.29, 0.717) is 38.6 Å². The highest BCUT2D eigenvalue weighted by Crippen LogP contribution is 2.31. The van der Waals surface area contributed by atoms with Crippen molar-refractivity contribution in [2.24, 2.45) is 17.4 Å². The molecule has 1 aliphatic rings. The molecule has 0 saturated heterocycles. The number of fused-ring (bicyclic) bond motifs is 1. The van der Waals surface area contributed by atoms with Gasteiger partial charge in [0.15, 0.2) is 0 Å². The van der Waals surface area contributed by atoms with Gasteiger partial charge < -0.3 is 26.2 Å². The Morgan fingerprint density at radius 2 is 1.56 bits per heavy atom. The first-order chi connectivity index (χ1) is 17.9. The van der Waals surface area contributed by atoms with Gasteiger partial charge in [-0.2, -0.15) is 0 Å². The molecule has 10 heteroatoms. The predicted molar refractivity (Wildman–Crippen MR) is 162 cm³/mol. The van der Waals surface area contributed by atoms with Crippen molar-refractivity contribution in [2.45, 2.75) is 70.0 Å². The zero-order valence-electron chi connectivity index (χ0n) is 22.4. The van der Waals surface area contributed by atoms with E-state index in [0.717, 1.165) is 23.1 Å². The van der Waals surface area contributed by atoms with Crippen LogP contribution in [0.25, 0.3) is 0 Å². The Bertz CT molecular complexity index is 1030. The van der Waals surface area contributed by atoms with Crippen LogP contribution in [0.4, 0.5) is 0 Å². The highest BCUT2D eigenvalue weighted by Gasteiger charge is 2.46. The second-order valence-corrected chi connectivity index (χ2v) is 9.63. The van der Waals surface area contributed by atoms with E-state index < -0.39 is 41.9 Å². The quantitative estimate of drug-likeness (QED) is 0.205. The van der Waals surface area contributed by atoms with Crippen LogP contribution in [0.3, 0.4) is 0 Å². The van der Waals surface area contributed by atoms with Gasteiger partial charge in [0.05, 0.1) is 18.6 Å². The van der Waals surface area contributed by atoms with Crippen LogP contribution in [-0.4, -0.2) is 59.1 Å². The summed E-state index contributed by atoms with van der Waals surface area (Å²) < 4.78 is 5.33. The molecule has 3 atom stereocenters. The molecule has 0 saturated carbocycles. The molecule has 39 heavy (non-hydrogen) atoms. The number of nitrogens with two attached hydrogens (primary N) is 2. The first-order valence-corrected chi connectivity index (χ1v) is 13.1. The molecule has 3 rings (SSSR count). The molecule has 5 N–H and O–H groups in total. The number of aliphatic carboxylic acids is 1. The lowest BCUT2D eigenvalue weighted by molar-refractivity contribution is -0.164. The molecule has 2 aromatic carbocycles. The van der Waals surface area contributed by atoms with Gasteiger partial charge in [-0.15, -0.1) is 34.0 Å². The third-order valence-electron chi connectivity index (χ3n) is 7.07. The first kappa shape index (κ1) is 34.8. The summed E-state index contributed by atoms with van der Waals surface area (Å²) in [5.41, 5.74) is 15.1. The number of halogens is 2. The Morgan fingerprint density at radius 3 is 2.10 bits per heavy atom. The lowest BCUT2D eigenvalue weighted by Crippen LogP contribution is -2.59. The molecule has 0 fully saturated rings. The maximum atomic E-state index is 13.8. The largest absolute Gasteiger partial charge is 0.480 e. The number of esters is 1. The Morgan fingerprint density at radius 1 is 0.974 bits per heavy atom. The second-order valence-electron chi connectivity index (χ2n) is 9.63. The summed E-state index contributed by atoms with van der Waals surface area (Å²) in [5.74, 6) is -3.33. The van der Waals surface area contributed by atoms with Gasteiger partial charge in [-0.05, 0) is 68.7 Å². The van der Waals surface area contributed by atoms with Gasteiger partial charge in [0.1, 0.15) is 6.04 Å². The van der Waals surface area contributed by atoms with Crippen LogP contribution in [0.1, 0.15) is 49.3 Å². The van der Waals surface area contributed by atoms with Gasteiger partial charge in [0.25, 0.3) is 0 Å². The number of nitrogens with zero attached hydrogens (tertiary/aromatic N) is 1. The van der Waals surface area contributed by atoms with Crippen LogP contribution < -0.4 is 11.5 Å². The topological polar surface area (TPSA) is 136 Å². The van der Waals surface area contributed by atoms with Crippen molar-refractivity contribution in [1.29, 1.82) is 0 Å². The summed E-state index contributed by atoms with van der Waals surface area (Å²) in [7, 11) is 0. The molecule has 0 bridgehead atoms. The zero-order chi connectivity index (χ0) is 26.8. The number of amides is 1. The van der Waals surface area contributed by atoms with Crippen LogP contribution in [-0.2, 0) is 38.4 Å². The summed E-state index contributed by atoms with van der Waals surface area (Å²) >= 11 is 0. The van der Waals surface area contributed by atoms with Crippen molar-refractivity contribution in [3.8, 4) is 0 Å². The second kappa shape index (κ2) is 17.4. The molecule has 1 aliphatic carbocycles.